The number of isocyanates is 1. The average Bonchev–Trinajstić information content (AvgIpc) is 2.06. The highest BCUT2D eigenvalue weighted by molar-refractivity contribution is 9.10. The molecule has 0 heterocycles. The molecular weight excluding hydrogens is 229 g/mol. The minimum atomic E-state index is -0.765. The highest BCUT2D eigenvalue weighted by atomic mass is 79.9. The van der Waals surface area contributed by atoms with Crippen LogP contribution in [0.5, 0.6) is 5.75 Å². The molecule has 0 aliphatic carbocycles. The normalized spacial score (nSPS) is 9.17. The molecule has 0 fully saturated rings. The number of nitrogens with zero attached hydrogens (tertiary/aromatic N) is 1. The van der Waals surface area contributed by atoms with Gasteiger partial charge in [0.2, 0.25) is 6.08 Å². The van der Waals surface area contributed by atoms with E-state index in [1.54, 1.807) is 0 Å². The van der Waals surface area contributed by atoms with E-state index in [0.29, 0.717) is 0 Å². The second kappa shape index (κ2) is 3.47. The Morgan fingerprint density at radius 3 is 2.83 bits per heavy atom. The maximum Gasteiger partial charge on any atom is 0.240 e. The van der Waals surface area contributed by atoms with Gasteiger partial charge < -0.3 is 5.11 Å². The predicted molar refractivity (Wildman–Crippen MR) is 43.5 cm³/mol. The molecule has 0 saturated heterocycles. The second-order valence-corrected chi connectivity index (χ2v) is 2.78. The zero-order chi connectivity index (χ0) is 9.14. The fraction of sp³-hybridized carbons (Fsp3) is 0. The number of aliphatic imine (C=N–C) groups is 1. The quantitative estimate of drug-likeness (QED) is 0.596. The number of carbonyl (C=O) groups excluding carboxylic acids is 1. The zero-order valence-electron chi connectivity index (χ0n) is 5.71. The third kappa shape index (κ3) is 1.52. The zero-order valence-corrected chi connectivity index (χ0v) is 7.30. The number of phenolic OH excluding ortho intramolecular Hbond substituents is 1. The van der Waals surface area contributed by atoms with E-state index in [1.165, 1.54) is 6.07 Å². The SMILES string of the molecule is O=C=Nc1c(F)ccc(Br)c1O. The van der Waals surface area contributed by atoms with Gasteiger partial charge in [-0.15, -0.1) is 0 Å². The molecular formula is C7H3BrFNO2. The van der Waals surface area contributed by atoms with Gasteiger partial charge in [0, 0.05) is 0 Å². The van der Waals surface area contributed by atoms with Crippen LogP contribution in [0.2, 0.25) is 0 Å². The fourth-order valence-corrected chi connectivity index (χ4v) is 1.00. The smallest absolute Gasteiger partial charge is 0.240 e. The van der Waals surface area contributed by atoms with Crippen molar-refractivity contribution in [1.29, 1.82) is 0 Å². The molecule has 1 aromatic carbocycles. The molecule has 0 bridgehead atoms. The highest BCUT2D eigenvalue weighted by Crippen LogP contribution is 2.35. The summed E-state index contributed by atoms with van der Waals surface area (Å²) >= 11 is 2.94. The molecule has 0 amide bonds. The third-order valence-electron chi connectivity index (χ3n) is 1.21. The largest absolute Gasteiger partial charge is 0.504 e. The molecule has 0 radical (unpaired) electrons. The summed E-state index contributed by atoms with van der Waals surface area (Å²) in [7, 11) is 0. The summed E-state index contributed by atoms with van der Waals surface area (Å²) in [5.41, 5.74) is -0.403. The Labute approximate surface area is 75.7 Å². The number of halogens is 2. The summed E-state index contributed by atoms with van der Waals surface area (Å²) in [4.78, 5) is 12.8. The van der Waals surface area contributed by atoms with E-state index < -0.39 is 17.3 Å². The van der Waals surface area contributed by atoms with E-state index in [9.17, 15) is 9.18 Å². The van der Waals surface area contributed by atoms with Crippen LogP contribution in [0.1, 0.15) is 0 Å². The number of hydrogen-bond donors (Lipinski definition) is 1. The minimum absolute atomic E-state index is 0.276. The molecule has 1 aromatic rings. The van der Waals surface area contributed by atoms with Crippen molar-refractivity contribution >= 4 is 27.7 Å². The minimum Gasteiger partial charge on any atom is -0.504 e. The Kier molecular flexibility index (Phi) is 2.58. The summed E-state index contributed by atoms with van der Waals surface area (Å²) in [6.07, 6.45) is 1.15. The van der Waals surface area contributed by atoms with Crippen LogP contribution in [-0.4, -0.2) is 11.2 Å². The van der Waals surface area contributed by atoms with Gasteiger partial charge in [0.25, 0.3) is 0 Å². The maximum absolute atomic E-state index is 12.8. The van der Waals surface area contributed by atoms with Gasteiger partial charge >= 0.3 is 0 Å². The lowest BCUT2D eigenvalue weighted by Crippen LogP contribution is -1.77. The van der Waals surface area contributed by atoms with Crippen LogP contribution in [0.4, 0.5) is 10.1 Å². The van der Waals surface area contributed by atoms with Crippen molar-refractivity contribution in [3.8, 4) is 5.75 Å². The number of hydrogen-bond acceptors (Lipinski definition) is 3. The van der Waals surface area contributed by atoms with E-state index >= 15 is 0 Å². The standard InChI is InChI=1S/C7H3BrFNO2/c8-4-1-2-5(9)6(7(4)12)10-3-11/h1-2,12H. The van der Waals surface area contributed by atoms with E-state index in [2.05, 4.69) is 20.9 Å². The van der Waals surface area contributed by atoms with Gasteiger partial charge in [0.15, 0.2) is 17.3 Å². The first kappa shape index (κ1) is 8.90. The molecule has 62 valence electrons. The first-order valence-electron chi connectivity index (χ1n) is 2.91. The van der Waals surface area contributed by atoms with Crippen LogP contribution in [0.3, 0.4) is 0 Å². The average molecular weight is 232 g/mol. The summed E-state index contributed by atoms with van der Waals surface area (Å²) in [6, 6.07) is 2.40. The number of aromatic hydroxyl groups is 1. The summed E-state index contributed by atoms with van der Waals surface area (Å²) in [5, 5.41) is 9.15. The summed E-state index contributed by atoms with van der Waals surface area (Å²) in [5.74, 6) is -1.17. The molecule has 0 aliphatic heterocycles. The van der Waals surface area contributed by atoms with Gasteiger partial charge in [0.1, 0.15) is 0 Å². The van der Waals surface area contributed by atoms with E-state index in [-0.39, 0.29) is 4.47 Å². The molecule has 0 aliphatic rings. The molecule has 1 N–H and O–H groups in total. The molecule has 0 aromatic heterocycles. The van der Waals surface area contributed by atoms with Gasteiger partial charge in [0.05, 0.1) is 4.47 Å². The van der Waals surface area contributed by atoms with Crippen molar-refractivity contribution < 1.29 is 14.3 Å². The second-order valence-electron chi connectivity index (χ2n) is 1.93. The van der Waals surface area contributed by atoms with Crippen LogP contribution in [-0.2, 0) is 4.79 Å². The lowest BCUT2D eigenvalue weighted by atomic mass is 10.3. The van der Waals surface area contributed by atoms with Crippen molar-refractivity contribution in [1.82, 2.24) is 0 Å². The first-order chi connectivity index (χ1) is 5.66. The Morgan fingerprint density at radius 2 is 2.25 bits per heavy atom. The van der Waals surface area contributed by atoms with Crippen LogP contribution in [0, 0.1) is 5.82 Å². The lowest BCUT2D eigenvalue weighted by Gasteiger charge is -1.99. The molecule has 5 heteroatoms. The number of rotatable bonds is 1. The Morgan fingerprint density at radius 1 is 1.58 bits per heavy atom. The molecule has 0 spiro atoms. The summed E-state index contributed by atoms with van der Waals surface area (Å²) in [6.45, 7) is 0. The maximum atomic E-state index is 12.8. The first-order valence-corrected chi connectivity index (χ1v) is 3.71. The van der Waals surface area contributed by atoms with Crippen molar-refractivity contribution in [2.75, 3.05) is 0 Å². The van der Waals surface area contributed by atoms with Crippen molar-refractivity contribution in [3.05, 3.63) is 22.4 Å². The van der Waals surface area contributed by atoms with Gasteiger partial charge in [-0.2, -0.15) is 4.99 Å². The van der Waals surface area contributed by atoms with Gasteiger partial charge in [-0.1, -0.05) is 0 Å². The Hall–Kier alpha value is -1.19. The van der Waals surface area contributed by atoms with Gasteiger partial charge in [-0.3, -0.25) is 0 Å². The van der Waals surface area contributed by atoms with E-state index in [0.717, 1.165) is 12.1 Å². The third-order valence-corrected chi connectivity index (χ3v) is 1.85. The van der Waals surface area contributed by atoms with Crippen molar-refractivity contribution in [2.45, 2.75) is 0 Å². The van der Waals surface area contributed by atoms with Crippen LogP contribution >= 0.6 is 15.9 Å². The lowest BCUT2D eigenvalue weighted by molar-refractivity contribution is 0.467. The van der Waals surface area contributed by atoms with Gasteiger partial charge in [-0.05, 0) is 28.1 Å². The van der Waals surface area contributed by atoms with Gasteiger partial charge in [-0.25, -0.2) is 9.18 Å². The van der Waals surface area contributed by atoms with E-state index in [4.69, 9.17) is 5.11 Å². The number of phenols is 1. The topological polar surface area (TPSA) is 49.7 Å². The Bertz CT molecular complexity index is 361. The molecule has 12 heavy (non-hydrogen) atoms. The van der Waals surface area contributed by atoms with Crippen molar-refractivity contribution in [3.63, 3.8) is 0 Å². The molecule has 0 atom stereocenters. The highest BCUT2D eigenvalue weighted by Gasteiger charge is 2.09. The van der Waals surface area contributed by atoms with Crippen LogP contribution in [0.15, 0.2) is 21.6 Å². The monoisotopic (exact) mass is 231 g/mol. The predicted octanol–water partition coefficient (Wildman–Crippen LogP) is 2.26. The molecule has 1 rings (SSSR count). The molecule has 0 saturated carbocycles. The van der Waals surface area contributed by atoms with Crippen LogP contribution < -0.4 is 0 Å². The molecule has 0 unspecified atom stereocenters. The van der Waals surface area contributed by atoms with Crippen molar-refractivity contribution in [2.24, 2.45) is 4.99 Å². The number of benzene rings is 1. The van der Waals surface area contributed by atoms with E-state index in [1.807, 2.05) is 0 Å². The summed E-state index contributed by atoms with van der Waals surface area (Å²) < 4.78 is 13.0. The van der Waals surface area contributed by atoms with Crippen LogP contribution in [0.25, 0.3) is 0 Å². The Balaban J connectivity index is 3.42. The fourth-order valence-electron chi connectivity index (χ4n) is 0.682. The molecule has 3 nitrogen and oxygen atoms in total.